The minimum absolute atomic E-state index is 0.00182. The van der Waals surface area contributed by atoms with Crippen LogP contribution < -0.4 is 10.6 Å². The first-order valence-electron chi connectivity index (χ1n) is 9.42. The lowest BCUT2D eigenvalue weighted by Gasteiger charge is -2.51. The van der Waals surface area contributed by atoms with Gasteiger partial charge in [0.1, 0.15) is 11.3 Å². The van der Waals surface area contributed by atoms with Crippen molar-refractivity contribution in [2.75, 3.05) is 0 Å². The molecule has 2 aliphatic heterocycles. The third-order valence-corrected chi connectivity index (χ3v) is 10.00. The molecule has 2 saturated heterocycles. The summed E-state index contributed by atoms with van der Waals surface area (Å²) in [6, 6.07) is 0. The van der Waals surface area contributed by atoms with Gasteiger partial charge in [-0.1, -0.05) is 29.5 Å². The van der Waals surface area contributed by atoms with Crippen LogP contribution in [0.4, 0.5) is 0 Å². The zero-order chi connectivity index (χ0) is 15.8. The van der Waals surface area contributed by atoms with Gasteiger partial charge in [0.15, 0.2) is 3.42 Å². The second-order valence-electron chi connectivity index (χ2n) is 9.17. The van der Waals surface area contributed by atoms with Gasteiger partial charge in [-0.25, -0.2) is 0 Å². The molecule has 4 nitrogen and oxygen atoms in total. The van der Waals surface area contributed by atoms with E-state index in [0.717, 1.165) is 30.1 Å². The number of alkyl halides is 1. The second kappa shape index (κ2) is 3.93. The largest absolute Gasteiger partial charge is 0.457 e. The molecule has 0 radical (unpaired) electrons. The molecule has 4 aliphatic carbocycles. The van der Waals surface area contributed by atoms with Crippen LogP contribution in [0.25, 0.3) is 0 Å². The molecule has 23 heavy (non-hydrogen) atoms. The molecule has 6 rings (SSSR count). The van der Waals surface area contributed by atoms with E-state index in [1.807, 2.05) is 6.92 Å². The number of ether oxygens (including phenoxy) is 1. The molecule has 4 saturated carbocycles. The van der Waals surface area contributed by atoms with E-state index in [4.69, 9.17) is 4.74 Å². The molecular weight excluding hydrogens is 403 g/mol. The molecule has 0 aromatic carbocycles. The highest BCUT2D eigenvalue weighted by Gasteiger charge is 2.82. The number of hydrogen-bond acceptors (Lipinski definition) is 4. The number of carbonyl (C=O) groups excluding carboxylic acids is 1. The highest BCUT2D eigenvalue weighted by Crippen LogP contribution is 2.75. The van der Waals surface area contributed by atoms with E-state index in [0.29, 0.717) is 18.0 Å². The number of rotatable bonds is 4. The summed E-state index contributed by atoms with van der Waals surface area (Å²) in [5, 5.41) is 6.70. The monoisotopic (exact) mass is 428 g/mol. The molecule has 0 aromatic heterocycles. The second-order valence-corrected chi connectivity index (χ2v) is 11.3. The summed E-state index contributed by atoms with van der Waals surface area (Å²) >= 11 is 2.30. The quantitative estimate of drug-likeness (QED) is 0.237. The van der Waals surface area contributed by atoms with Gasteiger partial charge in [-0.05, 0) is 62.7 Å². The van der Waals surface area contributed by atoms with Crippen molar-refractivity contribution in [1.82, 2.24) is 10.6 Å². The van der Waals surface area contributed by atoms with Crippen LogP contribution in [0.15, 0.2) is 0 Å². The van der Waals surface area contributed by atoms with Crippen molar-refractivity contribution in [2.45, 2.75) is 66.8 Å². The predicted molar refractivity (Wildman–Crippen MR) is 93.7 cm³/mol. The Morgan fingerprint density at radius 3 is 2.26 bits per heavy atom. The van der Waals surface area contributed by atoms with Crippen LogP contribution in [0.3, 0.4) is 0 Å². The molecule has 126 valence electrons. The highest BCUT2D eigenvalue weighted by molar-refractivity contribution is 14.1. The van der Waals surface area contributed by atoms with Gasteiger partial charge in [-0.3, -0.25) is 15.4 Å². The van der Waals surface area contributed by atoms with E-state index in [1.54, 1.807) is 0 Å². The zero-order valence-electron chi connectivity index (χ0n) is 13.8. The fourth-order valence-corrected chi connectivity index (χ4v) is 8.15. The number of carbonyl (C=O) groups is 1. The molecule has 5 heteroatoms. The Balaban J connectivity index is 1.29. The predicted octanol–water partition coefficient (Wildman–Crippen LogP) is 2.41. The first-order chi connectivity index (χ1) is 10.9. The number of hydrogen-bond donors (Lipinski definition) is 2. The Morgan fingerprint density at radius 1 is 1.22 bits per heavy atom. The average molecular weight is 428 g/mol. The summed E-state index contributed by atoms with van der Waals surface area (Å²) in [4.78, 5) is 13.1. The third-order valence-electron chi connectivity index (χ3n) is 8.71. The van der Waals surface area contributed by atoms with Gasteiger partial charge in [-0.15, -0.1) is 0 Å². The van der Waals surface area contributed by atoms with Crippen LogP contribution in [0.5, 0.6) is 0 Å². The molecule has 2 heterocycles. The molecule has 4 bridgehead atoms. The first kappa shape index (κ1) is 14.3. The maximum Gasteiger partial charge on any atom is 0.325 e. The van der Waals surface area contributed by atoms with Gasteiger partial charge in [0.25, 0.3) is 0 Å². The number of nitrogens with one attached hydrogen (secondary N) is 2. The number of esters is 1. The minimum Gasteiger partial charge on any atom is -0.457 e. The van der Waals surface area contributed by atoms with E-state index < -0.39 is 3.42 Å². The Labute approximate surface area is 151 Å². The van der Waals surface area contributed by atoms with Crippen LogP contribution in [0.1, 0.15) is 46.0 Å². The lowest BCUT2D eigenvalue weighted by atomic mass is 9.62. The van der Waals surface area contributed by atoms with E-state index in [-0.39, 0.29) is 17.2 Å². The lowest BCUT2D eigenvalue weighted by Crippen LogP contribution is -2.58. The molecule has 2 N–H and O–H groups in total. The van der Waals surface area contributed by atoms with Gasteiger partial charge >= 0.3 is 5.97 Å². The van der Waals surface area contributed by atoms with Crippen molar-refractivity contribution in [1.29, 1.82) is 0 Å². The lowest BCUT2D eigenvalue weighted by molar-refractivity contribution is -0.196. The summed E-state index contributed by atoms with van der Waals surface area (Å²) in [5.41, 5.74) is -0.298. The summed E-state index contributed by atoms with van der Waals surface area (Å²) in [6.45, 7) is 4.27. The van der Waals surface area contributed by atoms with Crippen molar-refractivity contribution in [2.24, 2.45) is 35.5 Å². The van der Waals surface area contributed by atoms with Crippen LogP contribution >= 0.6 is 22.6 Å². The van der Waals surface area contributed by atoms with Gasteiger partial charge in [0, 0.05) is 11.8 Å². The summed E-state index contributed by atoms with van der Waals surface area (Å²) in [5.74, 6) is 4.93. The van der Waals surface area contributed by atoms with Crippen LogP contribution in [-0.2, 0) is 9.53 Å². The Morgan fingerprint density at radius 2 is 1.78 bits per heavy atom. The van der Waals surface area contributed by atoms with Gasteiger partial charge in [0.05, 0.1) is 6.17 Å². The van der Waals surface area contributed by atoms with Crippen LogP contribution in [-0.4, -0.2) is 26.8 Å². The Hall–Kier alpha value is 0.120. The highest BCUT2D eigenvalue weighted by atomic mass is 127. The number of fused-ring (bicyclic) bond motifs is 10. The van der Waals surface area contributed by atoms with Gasteiger partial charge in [-0.2, -0.15) is 0 Å². The van der Waals surface area contributed by atoms with Crippen LogP contribution in [0, 0.1) is 35.5 Å². The van der Waals surface area contributed by atoms with Crippen molar-refractivity contribution in [3.05, 3.63) is 0 Å². The van der Waals surface area contributed by atoms with Gasteiger partial charge < -0.3 is 4.74 Å². The maximum absolute atomic E-state index is 13.1. The normalized spacial score (nSPS) is 62.1. The van der Waals surface area contributed by atoms with Crippen molar-refractivity contribution in [3.63, 3.8) is 0 Å². The topological polar surface area (TPSA) is 70.2 Å². The zero-order valence-corrected chi connectivity index (χ0v) is 15.9. The van der Waals surface area contributed by atoms with Crippen molar-refractivity contribution < 1.29 is 9.53 Å². The van der Waals surface area contributed by atoms with E-state index in [2.05, 4.69) is 40.1 Å². The van der Waals surface area contributed by atoms with E-state index in [9.17, 15) is 4.79 Å². The minimum atomic E-state index is -0.499. The standard InChI is InChI=1S/C18H25IN2O2/c1-3-17(23-15(22)16(2,19)18-14(20-18)21-18)10-7-11(17)13-9-5-4-8(6-9)12(10)13/h8-14,20-21H,3-7H2,1-2H3. The Bertz CT molecular complexity index is 592. The average Bonchev–Trinajstić information content (AvgIpc) is 3.09. The molecule has 7 atom stereocenters. The third kappa shape index (κ3) is 1.39. The SMILES string of the molecule is CCC1(OC(=O)C(C)(I)C23NC2N3)C2CC1C1C3CCC(C3)C12. The van der Waals surface area contributed by atoms with E-state index in [1.165, 1.54) is 25.7 Å². The Kier molecular flexibility index (Phi) is 2.44. The molecule has 6 fully saturated rings. The maximum atomic E-state index is 13.1. The van der Waals surface area contributed by atoms with Crippen molar-refractivity contribution in [3.8, 4) is 0 Å². The summed E-state index contributed by atoms with van der Waals surface area (Å²) < 4.78 is 5.90. The fourth-order valence-electron chi connectivity index (χ4n) is 7.42. The fraction of sp³-hybridized carbons (Fsp3) is 0.944. The molecule has 0 aromatic rings. The van der Waals surface area contributed by atoms with Crippen molar-refractivity contribution >= 4 is 28.6 Å². The first-order valence-corrected chi connectivity index (χ1v) is 10.5. The summed E-state index contributed by atoms with van der Waals surface area (Å²) in [7, 11) is 0. The molecule has 0 amide bonds. The smallest absolute Gasteiger partial charge is 0.325 e. The van der Waals surface area contributed by atoms with Gasteiger partial charge in [0.2, 0.25) is 0 Å². The van der Waals surface area contributed by atoms with E-state index >= 15 is 0 Å². The molecule has 0 spiro atoms. The molecule has 7 unspecified atom stereocenters. The molecule has 6 aliphatic rings. The van der Waals surface area contributed by atoms with Crippen LogP contribution in [0.2, 0.25) is 0 Å². The summed E-state index contributed by atoms with van der Waals surface area (Å²) in [6.07, 6.45) is 7.01. The number of halogens is 1. The molecular formula is C18H25IN2O2.